The zero-order valence-corrected chi connectivity index (χ0v) is 13.8. The molecule has 0 bridgehead atoms. The van der Waals surface area contributed by atoms with Crippen molar-refractivity contribution in [1.29, 1.82) is 0 Å². The third-order valence-corrected chi connectivity index (χ3v) is 4.35. The lowest BCUT2D eigenvalue weighted by molar-refractivity contribution is 0.155. The van der Waals surface area contributed by atoms with Crippen molar-refractivity contribution < 1.29 is 4.79 Å². The van der Waals surface area contributed by atoms with Crippen molar-refractivity contribution >= 4 is 27.8 Å². The number of anilines is 1. The first-order valence-electron chi connectivity index (χ1n) is 6.80. The van der Waals surface area contributed by atoms with E-state index >= 15 is 0 Å². The summed E-state index contributed by atoms with van der Waals surface area (Å²) in [6, 6.07) is 4.31. The first kappa shape index (κ1) is 15.1. The Morgan fingerprint density at radius 3 is 2.55 bits per heavy atom. The molecular weight excluding hydrogens is 320 g/mol. The van der Waals surface area contributed by atoms with Crippen LogP contribution in [0, 0.1) is 0 Å². The number of halogens is 1. The van der Waals surface area contributed by atoms with Gasteiger partial charge in [-0.1, -0.05) is 0 Å². The van der Waals surface area contributed by atoms with E-state index in [0.29, 0.717) is 6.04 Å². The van der Waals surface area contributed by atoms with Gasteiger partial charge < -0.3 is 14.7 Å². The quantitative estimate of drug-likeness (QED) is 0.829. The maximum absolute atomic E-state index is 12.0. The number of piperidine rings is 1. The van der Waals surface area contributed by atoms with Crippen molar-refractivity contribution in [3.05, 3.63) is 22.8 Å². The van der Waals surface area contributed by atoms with Gasteiger partial charge in [0, 0.05) is 46.5 Å². The van der Waals surface area contributed by atoms with Crippen LogP contribution < -0.4 is 4.90 Å². The number of amides is 2. The molecule has 0 unspecified atom stereocenters. The number of carbonyl (C=O) groups is 1. The van der Waals surface area contributed by atoms with E-state index in [0.717, 1.165) is 36.2 Å². The Balaban J connectivity index is 1.96. The highest BCUT2D eigenvalue weighted by Crippen LogP contribution is 2.27. The molecule has 2 amide bonds. The fourth-order valence-corrected chi connectivity index (χ4v) is 3.05. The van der Waals surface area contributed by atoms with Gasteiger partial charge in [0.25, 0.3) is 0 Å². The normalized spacial score (nSPS) is 16.1. The van der Waals surface area contributed by atoms with Gasteiger partial charge >= 0.3 is 6.03 Å². The summed E-state index contributed by atoms with van der Waals surface area (Å²) >= 11 is 3.54. The van der Waals surface area contributed by atoms with Gasteiger partial charge in [-0.3, -0.25) is 0 Å². The summed E-state index contributed by atoms with van der Waals surface area (Å²) < 4.78 is 1.02. The van der Waals surface area contributed by atoms with Gasteiger partial charge in [0.15, 0.2) is 0 Å². The Kier molecular flexibility index (Phi) is 4.86. The van der Waals surface area contributed by atoms with Gasteiger partial charge in [-0.2, -0.15) is 0 Å². The summed E-state index contributed by atoms with van der Waals surface area (Å²) in [5.74, 6) is 0.993. The minimum Gasteiger partial charge on any atom is -0.356 e. The second-order valence-corrected chi connectivity index (χ2v) is 6.17. The number of urea groups is 1. The molecule has 0 radical (unpaired) electrons. The van der Waals surface area contributed by atoms with Gasteiger partial charge in [-0.15, -0.1) is 0 Å². The third kappa shape index (κ3) is 3.23. The van der Waals surface area contributed by atoms with E-state index in [2.05, 4.69) is 25.8 Å². The van der Waals surface area contributed by atoms with Gasteiger partial charge in [0.1, 0.15) is 5.82 Å². The molecule has 110 valence electrons. The minimum absolute atomic E-state index is 0.0717. The molecule has 0 N–H and O–H groups in total. The number of nitrogens with zero attached hydrogens (tertiary/aromatic N) is 4. The summed E-state index contributed by atoms with van der Waals surface area (Å²) in [5, 5.41) is 0. The molecule has 1 aliphatic rings. The zero-order chi connectivity index (χ0) is 14.7. The Bertz CT molecular complexity index is 472. The molecular formula is C14H21BrN4O. The van der Waals surface area contributed by atoms with E-state index in [-0.39, 0.29) is 6.03 Å². The lowest BCUT2D eigenvalue weighted by Gasteiger charge is -2.38. The smallest absolute Gasteiger partial charge is 0.319 e. The molecule has 0 saturated carbocycles. The first-order valence-corrected chi connectivity index (χ1v) is 7.59. The Hall–Kier alpha value is -1.30. The molecule has 5 nitrogen and oxygen atoms in total. The van der Waals surface area contributed by atoms with Crippen molar-refractivity contribution in [2.24, 2.45) is 0 Å². The Labute approximate surface area is 128 Å². The fraction of sp³-hybridized carbons (Fsp3) is 0.571. The highest BCUT2D eigenvalue weighted by atomic mass is 79.9. The predicted molar refractivity (Wildman–Crippen MR) is 84.0 cm³/mol. The van der Waals surface area contributed by atoms with Crippen LogP contribution >= 0.6 is 15.9 Å². The SMILES string of the molecule is CN(C)C(=O)N(C)C1CCN(c2ncccc2Br)CC1. The lowest BCUT2D eigenvalue weighted by Crippen LogP contribution is -2.48. The molecule has 1 aromatic rings. The van der Waals surface area contributed by atoms with Gasteiger partial charge in [0.2, 0.25) is 0 Å². The molecule has 2 rings (SSSR count). The zero-order valence-electron chi connectivity index (χ0n) is 12.2. The number of rotatable bonds is 2. The monoisotopic (exact) mass is 340 g/mol. The lowest BCUT2D eigenvalue weighted by atomic mass is 10.0. The molecule has 1 aliphatic heterocycles. The number of pyridine rings is 1. The van der Waals surface area contributed by atoms with E-state index in [9.17, 15) is 4.79 Å². The Morgan fingerprint density at radius 2 is 2.00 bits per heavy atom. The van der Waals surface area contributed by atoms with Crippen LogP contribution in [0.15, 0.2) is 22.8 Å². The summed E-state index contributed by atoms with van der Waals surface area (Å²) in [6.07, 6.45) is 3.76. The molecule has 20 heavy (non-hydrogen) atoms. The van der Waals surface area contributed by atoms with Gasteiger partial charge in [0.05, 0.1) is 4.47 Å². The largest absolute Gasteiger partial charge is 0.356 e. The van der Waals surface area contributed by atoms with Gasteiger partial charge in [-0.25, -0.2) is 9.78 Å². The highest BCUT2D eigenvalue weighted by molar-refractivity contribution is 9.10. The second kappa shape index (κ2) is 6.43. The molecule has 6 heteroatoms. The minimum atomic E-state index is 0.0717. The van der Waals surface area contributed by atoms with Crippen molar-refractivity contribution in [1.82, 2.24) is 14.8 Å². The topological polar surface area (TPSA) is 39.7 Å². The van der Waals surface area contributed by atoms with Crippen LogP contribution in [-0.4, -0.2) is 61.1 Å². The number of carbonyl (C=O) groups excluding carboxylic acids is 1. The molecule has 1 fully saturated rings. The maximum atomic E-state index is 12.0. The molecule has 2 heterocycles. The van der Waals surface area contributed by atoms with E-state index in [1.54, 1.807) is 19.0 Å². The van der Waals surface area contributed by atoms with Crippen LogP contribution in [0.1, 0.15) is 12.8 Å². The van der Waals surface area contributed by atoms with Gasteiger partial charge in [-0.05, 0) is 40.9 Å². The van der Waals surface area contributed by atoms with Crippen LogP contribution in [0.25, 0.3) is 0 Å². The molecule has 0 aliphatic carbocycles. The van der Waals surface area contributed by atoms with Crippen LogP contribution in [-0.2, 0) is 0 Å². The van der Waals surface area contributed by atoms with Crippen LogP contribution in [0.4, 0.5) is 10.6 Å². The average molecular weight is 341 g/mol. The third-order valence-electron chi connectivity index (χ3n) is 3.74. The number of hydrogen-bond donors (Lipinski definition) is 0. The summed E-state index contributed by atoms with van der Waals surface area (Å²) in [6.45, 7) is 1.84. The van der Waals surface area contributed by atoms with Crippen molar-refractivity contribution in [2.45, 2.75) is 18.9 Å². The van der Waals surface area contributed by atoms with E-state index in [4.69, 9.17) is 0 Å². The van der Waals surface area contributed by atoms with Crippen molar-refractivity contribution in [2.75, 3.05) is 39.1 Å². The predicted octanol–water partition coefficient (Wildman–Crippen LogP) is 2.43. The second-order valence-electron chi connectivity index (χ2n) is 5.31. The molecule has 1 aromatic heterocycles. The van der Waals surface area contributed by atoms with E-state index in [1.807, 2.05) is 30.3 Å². The molecule has 0 spiro atoms. The van der Waals surface area contributed by atoms with Crippen molar-refractivity contribution in [3.8, 4) is 0 Å². The fourth-order valence-electron chi connectivity index (χ4n) is 2.55. The summed E-state index contributed by atoms with van der Waals surface area (Å²) in [4.78, 5) is 22.1. The average Bonchev–Trinajstić information content (AvgIpc) is 2.46. The number of aromatic nitrogens is 1. The van der Waals surface area contributed by atoms with E-state index in [1.165, 1.54) is 0 Å². The standard InChI is InChI=1S/C14H21BrN4O/c1-17(2)14(20)18(3)11-6-9-19(10-7-11)13-12(15)5-4-8-16-13/h4-5,8,11H,6-7,9-10H2,1-3H3. The summed E-state index contributed by atoms with van der Waals surface area (Å²) in [5.41, 5.74) is 0. The maximum Gasteiger partial charge on any atom is 0.319 e. The first-order chi connectivity index (χ1) is 9.50. The highest BCUT2D eigenvalue weighted by Gasteiger charge is 2.27. The molecule has 1 saturated heterocycles. The molecule has 0 atom stereocenters. The van der Waals surface area contributed by atoms with Crippen LogP contribution in [0.2, 0.25) is 0 Å². The number of hydrogen-bond acceptors (Lipinski definition) is 3. The molecule has 0 aromatic carbocycles. The van der Waals surface area contributed by atoms with Crippen molar-refractivity contribution in [3.63, 3.8) is 0 Å². The Morgan fingerprint density at radius 1 is 1.35 bits per heavy atom. The van der Waals surface area contributed by atoms with E-state index < -0.39 is 0 Å². The van der Waals surface area contributed by atoms with Crippen LogP contribution in [0.5, 0.6) is 0 Å². The van der Waals surface area contributed by atoms with Crippen LogP contribution in [0.3, 0.4) is 0 Å². The summed E-state index contributed by atoms with van der Waals surface area (Å²) in [7, 11) is 5.47.